The SMILES string of the molecule is Nc1nc(Cl)nc2c(Cl)ncnc12. The molecule has 0 atom stereocenters. The predicted molar refractivity (Wildman–Crippen MR) is 49.6 cm³/mol. The lowest BCUT2D eigenvalue weighted by atomic mass is 10.4. The molecule has 7 heteroatoms. The zero-order valence-corrected chi connectivity index (χ0v) is 7.71. The van der Waals surface area contributed by atoms with E-state index in [9.17, 15) is 0 Å². The minimum Gasteiger partial charge on any atom is -0.382 e. The molecule has 0 saturated carbocycles. The van der Waals surface area contributed by atoms with Crippen molar-refractivity contribution in [1.82, 2.24) is 19.9 Å². The van der Waals surface area contributed by atoms with Crippen LogP contribution in [0.4, 0.5) is 5.82 Å². The predicted octanol–water partition coefficient (Wildman–Crippen LogP) is 1.31. The van der Waals surface area contributed by atoms with Crippen molar-refractivity contribution in [1.29, 1.82) is 0 Å². The molecule has 0 unspecified atom stereocenters. The summed E-state index contributed by atoms with van der Waals surface area (Å²) in [4.78, 5) is 15.2. The Hall–Kier alpha value is -1.20. The lowest BCUT2D eigenvalue weighted by molar-refractivity contribution is 1.15. The molecule has 0 aliphatic rings. The fourth-order valence-electron chi connectivity index (χ4n) is 0.913. The zero-order chi connectivity index (χ0) is 9.42. The molecule has 5 nitrogen and oxygen atoms in total. The number of hydrogen-bond donors (Lipinski definition) is 1. The van der Waals surface area contributed by atoms with Crippen molar-refractivity contribution in [2.75, 3.05) is 5.73 Å². The molecule has 2 aromatic rings. The number of nitrogens with two attached hydrogens (primary N) is 1. The summed E-state index contributed by atoms with van der Waals surface area (Å²) in [5.74, 6) is 0.194. The van der Waals surface area contributed by atoms with Gasteiger partial charge in [0, 0.05) is 0 Å². The minimum absolute atomic E-state index is 0.0294. The number of aromatic nitrogens is 4. The summed E-state index contributed by atoms with van der Waals surface area (Å²) in [6.45, 7) is 0. The Balaban J connectivity index is 2.94. The molecule has 0 fully saturated rings. The van der Waals surface area contributed by atoms with Crippen molar-refractivity contribution >= 4 is 40.1 Å². The normalized spacial score (nSPS) is 10.6. The second kappa shape index (κ2) is 2.93. The molecule has 0 aliphatic carbocycles. The fraction of sp³-hybridized carbons (Fsp3) is 0. The lowest BCUT2D eigenvalue weighted by Gasteiger charge is -2.00. The van der Waals surface area contributed by atoms with Gasteiger partial charge in [0.1, 0.15) is 17.4 Å². The van der Waals surface area contributed by atoms with E-state index >= 15 is 0 Å². The van der Waals surface area contributed by atoms with E-state index < -0.39 is 0 Å². The van der Waals surface area contributed by atoms with Gasteiger partial charge in [0.05, 0.1) is 0 Å². The quantitative estimate of drug-likeness (QED) is 0.530. The van der Waals surface area contributed by atoms with Gasteiger partial charge in [-0.3, -0.25) is 0 Å². The molecule has 0 aliphatic heterocycles. The van der Waals surface area contributed by atoms with Crippen molar-refractivity contribution < 1.29 is 0 Å². The second-order valence-corrected chi connectivity index (χ2v) is 2.94. The molecule has 0 saturated heterocycles. The van der Waals surface area contributed by atoms with Gasteiger partial charge in [-0.2, -0.15) is 4.98 Å². The highest BCUT2D eigenvalue weighted by molar-refractivity contribution is 6.34. The second-order valence-electron chi connectivity index (χ2n) is 2.24. The summed E-state index contributed by atoms with van der Waals surface area (Å²) in [6.07, 6.45) is 1.29. The van der Waals surface area contributed by atoms with E-state index in [2.05, 4.69) is 19.9 Å². The third kappa shape index (κ3) is 1.36. The first kappa shape index (κ1) is 8.40. The van der Waals surface area contributed by atoms with E-state index in [0.717, 1.165) is 0 Å². The van der Waals surface area contributed by atoms with Crippen LogP contribution in [0.5, 0.6) is 0 Å². The largest absolute Gasteiger partial charge is 0.382 e. The van der Waals surface area contributed by atoms with Gasteiger partial charge < -0.3 is 5.73 Å². The van der Waals surface area contributed by atoms with Crippen LogP contribution in [0.3, 0.4) is 0 Å². The maximum Gasteiger partial charge on any atom is 0.225 e. The van der Waals surface area contributed by atoms with Crippen LogP contribution in [-0.4, -0.2) is 19.9 Å². The standard InChI is InChI=1S/C6H3Cl2N5/c7-4-2-3(10-1-11-4)5(9)13-6(8)12-2/h1H,(H2,9,12,13). The maximum absolute atomic E-state index is 5.75. The van der Waals surface area contributed by atoms with E-state index in [0.29, 0.717) is 11.0 Å². The Morgan fingerprint density at radius 2 is 1.85 bits per heavy atom. The van der Waals surface area contributed by atoms with Gasteiger partial charge in [-0.25, -0.2) is 15.0 Å². The Morgan fingerprint density at radius 3 is 2.62 bits per heavy atom. The van der Waals surface area contributed by atoms with Crippen LogP contribution < -0.4 is 5.73 Å². The van der Waals surface area contributed by atoms with Crippen molar-refractivity contribution in [2.24, 2.45) is 0 Å². The van der Waals surface area contributed by atoms with Crippen LogP contribution in [0.2, 0.25) is 10.4 Å². The average molecular weight is 216 g/mol. The molecular weight excluding hydrogens is 213 g/mol. The molecule has 2 heterocycles. The van der Waals surface area contributed by atoms with E-state index in [1.807, 2.05) is 0 Å². The molecule has 13 heavy (non-hydrogen) atoms. The van der Waals surface area contributed by atoms with Crippen molar-refractivity contribution in [3.05, 3.63) is 16.8 Å². The summed E-state index contributed by atoms with van der Waals surface area (Å²) < 4.78 is 0. The molecule has 66 valence electrons. The van der Waals surface area contributed by atoms with Crippen molar-refractivity contribution in [2.45, 2.75) is 0 Å². The Kier molecular flexibility index (Phi) is 1.90. The van der Waals surface area contributed by atoms with Gasteiger partial charge in [0.15, 0.2) is 11.0 Å². The van der Waals surface area contributed by atoms with E-state index in [1.54, 1.807) is 0 Å². The van der Waals surface area contributed by atoms with Gasteiger partial charge in [0.25, 0.3) is 0 Å². The first-order valence-electron chi connectivity index (χ1n) is 3.27. The Labute approximate surface area is 82.9 Å². The summed E-state index contributed by atoms with van der Waals surface area (Å²) in [6, 6.07) is 0. The number of fused-ring (bicyclic) bond motifs is 1. The first-order chi connectivity index (χ1) is 6.18. The van der Waals surface area contributed by atoms with Crippen LogP contribution in [0.1, 0.15) is 0 Å². The molecule has 0 amide bonds. The minimum atomic E-state index is 0.0294. The van der Waals surface area contributed by atoms with Crippen LogP contribution in [0.25, 0.3) is 11.0 Å². The molecule has 0 aromatic carbocycles. The number of nitrogens with zero attached hydrogens (tertiary/aromatic N) is 4. The van der Waals surface area contributed by atoms with Crippen molar-refractivity contribution in [3.8, 4) is 0 Å². The Bertz CT molecular complexity index is 472. The molecular formula is C6H3Cl2N5. The third-order valence-electron chi connectivity index (χ3n) is 1.44. The van der Waals surface area contributed by atoms with E-state index in [1.165, 1.54) is 6.33 Å². The molecule has 0 spiro atoms. The van der Waals surface area contributed by atoms with Crippen LogP contribution in [0.15, 0.2) is 6.33 Å². The van der Waals surface area contributed by atoms with Gasteiger partial charge in [-0.05, 0) is 11.6 Å². The summed E-state index contributed by atoms with van der Waals surface area (Å²) in [5, 5.41) is 0.239. The number of rotatable bonds is 0. The number of anilines is 1. The highest BCUT2D eigenvalue weighted by atomic mass is 35.5. The highest BCUT2D eigenvalue weighted by Gasteiger charge is 2.08. The number of halogens is 2. The maximum atomic E-state index is 5.75. The monoisotopic (exact) mass is 215 g/mol. The van der Waals surface area contributed by atoms with E-state index in [4.69, 9.17) is 28.9 Å². The fourth-order valence-corrected chi connectivity index (χ4v) is 1.26. The van der Waals surface area contributed by atoms with Gasteiger partial charge in [0.2, 0.25) is 5.28 Å². The van der Waals surface area contributed by atoms with Crippen LogP contribution >= 0.6 is 23.2 Å². The molecule has 0 bridgehead atoms. The molecule has 2 rings (SSSR count). The average Bonchev–Trinajstić information content (AvgIpc) is 2.07. The van der Waals surface area contributed by atoms with E-state index in [-0.39, 0.29) is 16.3 Å². The molecule has 0 radical (unpaired) electrons. The smallest absolute Gasteiger partial charge is 0.225 e. The molecule has 2 N–H and O–H groups in total. The van der Waals surface area contributed by atoms with Crippen LogP contribution in [-0.2, 0) is 0 Å². The summed E-state index contributed by atoms with van der Waals surface area (Å²) in [7, 11) is 0. The Morgan fingerprint density at radius 1 is 1.08 bits per heavy atom. The van der Waals surface area contributed by atoms with Gasteiger partial charge in [-0.1, -0.05) is 11.6 Å². The van der Waals surface area contributed by atoms with Gasteiger partial charge >= 0.3 is 0 Å². The molecule has 2 aromatic heterocycles. The van der Waals surface area contributed by atoms with Crippen LogP contribution in [0, 0.1) is 0 Å². The topological polar surface area (TPSA) is 77.6 Å². The first-order valence-corrected chi connectivity index (χ1v) is 4.03. The zero-order valence-electron chi connectivity index (χ0n) is 6.20. The highest BCUT2D eigenvalue weighted by Crippen LogP contribution is 2.21. The third-order valence-corrected chi connectivity index (χ3v) is 1.88. The van der Waals surface area contributed by atoms with Crippen molar-refractivity contribution in [3.63, 3.8) is 0 Å². The van der Waals surface area contributed by atoms with Gasteiger partial charge in [-0.15, -0.1) is 0 Å². The summed E-state index contributed by atoms with van der Waals surface area (Å²) >= 11 is 11.3. The number of nitrogen functional groups attached to an aromatic ring is 1. The summed E-state index contributed by atoms with van der Waals surface area (Å²) in [5.41, 5.74) is 6.31. The lowest BCUT2D eigenvalue weighted by Crippen LogP contribution is -1.98. The number of hydrogen-bond acceptors (Lipinski definition) is 5.